The summed E-state index contributed by atoms with van der Waals surface area (Å²) in [4.78, 5) is 2.45. The molecule has 1 heterocycles. The zero-order chi connectivity index (χ0) is 11.5. The van der Waals surface area contributed by atoms with Gasteiger partial charge in [0.25, 0.3) is 0 Å². The third kappa shape index (κ3) is 2.56. The number of phenols is 1. The van der Waals surface area contributed by atoms with Gasteiger partial charge in [-0.25, -0.2) is 0 Å². The highest BCUT2D eigenvalue weighted by atomic mass is 16.3. The molecule has 0 amide bonds. The fraction of sp³-hybridized carbons (Fsp3) is 0.571. The van der Waals surface area contributed by atoms with Gasteiger partial charge in [-0.2, -0.15) is 0 Å². The lowest BCUT2D eigenvalue weighted by molar-refractivity contribution is 0.175. The van der Waals surface area contributed by atoms with Gasteiger partial charge in [0.1, 0.15) is 5.75 Å². The molecule has 0 unspecified atom stereocenters. The zero-order valence-corrected chi connectivity index (χ0v) is 10.2. The highest BCUT2D eigenvalue weighted by molar-refractivity contribution is 5.39. The van der Waals surface area contributed by atoms with Gasteiger partial charge in [-0.3, -0.25) is 4.90 Å². The Balaban J connectivity index is 2.05. The van der Waals surface area contributed by atoms with E-state index < -0.39 is 0 Å². The van der Waals surface area contributed by atoms with Crippen LogP contribution in [0, 0.1) is 12.8 Å². The Morgan fingerprint density at radius 1 is 1.44 bits per heavy atom. The van der Waals surface area contributed by atoms with E-state index in [-0.39, 0.29) is 0 Å². The maximum absolute atomic E-state index is 9.97. The van der Waals surface area contributed by atoms with Crippen molar-refractivity contribution in [2.24, 2.45) is 5.92 Å². The lowest BCUT2D eigenvalue weighted by Gasteiger charge is -2.31. The molecule has 0 saturated carbocycles. The topological polar surface area (TPSA) is 23.5 Å². The van der Waals surface area contributed by atoms with Crippen molar-refractivity contribution in [3.8, 4) is 5.75 Å². The molecule has 16 heavy (non-hydrogen) atoms. The third-order valence-electron chi connectivity index (χ3n) is 3.46. The highest BCUT2D eigenvalue weighted by Crippen LogP contribution is 2.25. The number of aryl methyl sites for hydroxylation is 1. The molecule has 2 heteroatoms. The van der Waals surface area contributed by atoms with Crippen LogP contribution in [0.2, 0.25) is 0 Å². The van der Waals surface area contributed by atoms with Gasteiger partial charge in [0, 0.05) is 18.7 Å². The number of hydrogen-bond acceptors (Lipinski definition) is 2. The Morgan fingerprint density at radius 3 is 3.00 bits per heavy atom. The van der Waals surface area contributed by atoms with Crippen molar-refractivity contribution in [2.45, 2.75) is 33.2 Å². The van der Waals surface area contributed by atoms with Gasteiger partial charge in [0.15, 0.2) is 0 Å². The second-order valence-electron chi connectivity index (χ2n) is 5.07. The summed E-state index contributed by atoms with van der Waals surface area (Å²) in [6, 6.07) is 6.01. The van der Waals surface area contributed by atoms with E-state index in [9.17, 15) is 5.11 Å². The largest absolute Gasteiger partial charge is 0.507 e. The minimum absolute atomic E-state index is 0.473. The monoisotopic (exact) mass is 219 g/mol. The van der Waals surface area contributed by atoms with Crippen LogP contribution in [0.5, 0.6) is 5.75 Å². The number of para-hydroxylation sites is 1. The average Bonchev–Trinajstić information content (AvgIpc) is 2.25. The number of phenolic OH excluding ortho intramolecular Hbond substituents is 1. The molecule has 1 fully saturated rings. The van der Waals surface area contributed by atoms with Gasteiger partial charge in [-0.05, 0) is 37.8 Å². The number of likely N-dealkylation sites (tertiary alicyclic amines) is 1. The number of aromatic hydroxyl groups is 1. The number of rotatable bonds is 2. The summed E-state index contributed by atoms with van der Waals surface area (Å²) in [5, 5.41) is 9.97. The van der Waals surface area contributed by atoms with E-state index in [4.69, 9.17) is 0 Å². The molecule has 88 valence electrons. The predicted molar refractivity (Wildman–Crippen MR) is 66.5 cm³/mol. The Morgan fingerprint density at radius 2 is 2.25 bits per heavy atom. The van der Waals surface area contributed by atoms with Crippen LogP contribution < -0.4 is 0 Å². The molecule has 0 bridgehead atoms. The maximum Gasteiger partial charge on any atom is 0.122 e. The number of hydrogen-bond donors (Lipinski definition) is 1. The second kappa shape index (κ2) is 4.88. The van der Waals surface area contributed by atoms with Crippen LogP contribution in [-0.2, 0) is 6.54 Å². The molecule has 2 rings (SSSR count). The summed E-state index contributed by atoms with van der Waals surface area (Å²) in [5.74, 6) is 1.27. The second-order valence-corrected chi connectivity index (χ2v) is 5.07. The van der Waals surface area contributed by atoms with E-state index in [0.29, 0.717) is 5.75 Å². The summed E-state index contributed by atoms with van der Waals surface area (Å²) in [6.45, 7) is 7.48. The molecule has 1 atom stereocenters. The van der Waals surface area contributed by atoms with Gasteiger partial charge >= 0.3 is 0 Å². The molecule has 0 spiro atoms. The predicted octanol–water partition coefficient (Wildman–Crippen LogP) is 2.93. The highest BCUT2D eigenvalue weighted by Gasteiger charge is 2.17. The molecule has 1 aliphatic rings. The molecule has 0 aliphatic carbocycles. The lowest BCUT2D eigenvalue weighted by Crippen LogP contribution is -2.33. The summed E-state index contributed by atoms with van der Waals surface area (Å²) in [7, 11) is 0. The number of nitrogens with zero attached hydrogens (tertiary/aromatic N) is 1. The first-order valence-electron chi connectivity index (χ1n) is 6.16. The van der Waals surface area contributed by atoms with E-state index in [2.05, 4.69) is 11.8 Å². The Labute approximate surface area is 97.9 Å². The van der Waals surface area contributed by atoms with Crippen LogP contribution in [0.15, 0.2) is 18.2 Å². The van der Waals surface area contributed by atoms with Gasteiger partial charge < -0.3 is 5.11 Å². The van der Waals surface area contributed by atoms with E-state index in [1.165, 1.54) is 12.8 Å². The molecule has 1 aromatic rings. The van der Waals surface area contributed by atoms with Crippen molar-refractivity contribution in [1.29, 1.82) is 0 Å². The fourth-order valence-electron chi connectivity index (χ4n) is 2.52. The van der Waals surface area contributed by atoms with Gasteiger partial charge in [0.05, 0.1) is 0 Å². The smallest absolute Gasteiger partial charge is 0.122 e. The molecule has 0 aromatic heterocycles. The van der Waals surface area contributed by atoms with E-state index in [1.807, 2.05) is 25.1 Å². The van der Waals surface area contributed by atoms with Crippen molar-refractivity contribution in [3.05, 3.63) is 29.3 Å². The van der Waals surface area contributed by atoms with Crippen molar-refractivity contribution >= 4 is 0 Å². The normalized spacial score (nSPS) is 22.2. The van der Waals surface area contributed by atoms with Crippen LogP contribution in [0.1, 0.15) is 30.9 Å². The van der Waals surface area contributed by atoms with Crippen LogP contribution in [-0.4, -0.2) is 23.1 Å². The Hall–Kier alpha value is -1.02. The van der Waals surface area contributed by atoms with Crippen molar-refractivity contribution in [2.75, 3.05) is 13.1 Å². The number of benzene rings is 1. The molecule has 2 nitrogen and oxygen atoms in total. The number of piperidine rings is 1. The van der Waals surface area contributed by atoms with Crippen molar-refractivity contribution < 1.29 is 5.11 Å². The maximum atomic E-state index is 9.97. The van der Waals surface area contributed by atoms with Crippen LogP contribution in [0.4, 0.5) is 0 Å². The SMILES string of the molecule is Cc1cccc(CN2CCC[C@@H](C)C2)c1O. The standard InChI is InChI=1S/C14H21NO/c1-11-5-4-8-15(9-11)10-13-7-3-6-12(2)14(13)16/h3,6-7,11,16H,4-5,8-10H2,1-2H3/t11-/m1/s1. The third-order valence-corrected chi connectivity index (χ3v) is 3.46. The molecule has 1 saturated heterocycles. The van der Waals surface area contributed by atoms with Crippen molar-refractivity contribution in [3.63, 3.8) is 0 Å². The molecule has 1 aromatic carbocycles. The molecular formula is C14H21NO. The molecule has 1 N–H and O–H groups in total. The van der Waals surface area contributed by atoms with Crippen LogP contribution in [0.3, 0.4) is 0 Å². The summed E-state index contributed by atoms with van der Waals surface area (Å²) < 4.78 is 0. The molecule has 1 aliphatic heterocycles. The first kappa shape index (κ1) is 11.5. The van der Waals surface area contributed by atoms with E-state index in [1.54, 1.807) is 0 Å². The molecule has 0 radical (unpaired) electrons. The van der Waals surface area contributed by atoms with E-state index >= 15 is 0 Å². The van der Waals surface area contributed by atoms with Crippen molar-refractivity contribution in [1.82, 2.24) is 4.90 Å². The Kier molecular flexibility index (Phi) is 3.49. The van der Waals surface area contributed by atoms with Crippen LogP contribution >= 0.6 is 0 Å². The van der Waals surface area contributed by atoms with Gasteiger partial charge in [-0.1, -0.05) is 25.1 Å². The zero-order valence-electron chi connectivity index (χ0n) is 10.2. The van der Waals surface area contributed by atoms with Gasteiger partial charge in [-0.15, -0.1) is 0 Å². The first-order valence-corrected chi connectivity index (χ1v) is 6.16. The minimum atomic E-state index is 0.473. The van der Waals surface area contributed by atoms with Gasteiger partial charge in [0.2, 0.25) is 0 Å². The fourth-order valence-corrected chi connectivity index (χ4v) is 2.52. The minimum Gasteiger partial charge on any atom is -0.507 e. The quantitative estimate of drug-likeness (QED) is 0.826. The summed E-state index contributed by atoms with van der Waals surface area (Å²) in [5.41, 5.74) is 2.04. The summed E-state index contributed by atoms with van der Waals surface area (Å²) in [6.07, 6.45) is 2.63. The van der Waals surface area contributed by atoms with E-state index in [0.717, 1.165) is 36.7 Å². The average molecular weight is 219 g/mol. The lowest BCUT2D eigenvalue weighted by atomic mass is 9.99. The first-order chi connectivity index (χ1) is 7.66. The Bertz CT molecular complexity index is 362. The van der Waals surface area contributed by atoms with Crippen LogP contribution in [0.25, 0.3) is 0 Å². The summed E-state index contributed by atoms with van der Waals surface area (Å²) >= 11 is 0. The molecular weight excluding hydrogens is 198 g/mol.